The van der Waals surface area contributed by atoms with Crippen molar-refractivity contribution in [2.24, 2.45) is 0 Å². The smallest absolute Gasteiger partial charge is 0.143 e. The SMILES string of the molecule is CN1CCCc2cccc(OC3CCNC3)c21. The summed E-state index contributed by atoms with van der Waals surface area (Å²) < 4.78 is 6.14. The molecule has 0 aliphatic carbocycles. The van der Waals surface area contributed by atoms with Crippen LogP contribution in [-0.4, -0.2) is 32.8 Å². The van der Waals surface area contributed by atoms with Crippen molar-refractivity contribution in [2.45, 2.75) is 25.4 Å². The molecule has 1 aromatic rings. The molecule has 0 spiro atoms. The molecule has 0 aromatic heterocycles. The van der Waals surface area contributed by atoms with E-state index in [0.717, 1.165) is 31.8 Å². The Hall–Kier alpha value is -1.22. The molecule has 2 heterocycles. The van der Waals surface area contributed by atoms with Gasteiger partial charge in [-0.25, -0.2) is 0 Å². The van der Waals surface area contributed by atoms with Gasteiger partial charge in [0.05, 0.1) is 5.69 Å². The standard InChI is InChI=1S/C14H20N2O/c1-16-9-3-5-11-4-2-6-13(14(11)16)17-12-7-8-15-10-12/h2,4,6,12,15H,3,5,7-10H2,1H3. The lowest BCUT2D eigenvalue weighted by Crippen LogP contribution is -2.27. The summed E-state index contributed by atoms with van der Waals surface area (Å²) in [5, 5.41) is 3.35. The van der Waals surface area contributed by atoms with Gasteiger partial charge in [0.25, 0.3) is 0 Å². The van der Waals surface area contributed by atoms with Gasteiger partial charge in [0.2, 0.25) is 0 Å². The van der Waals surface area contributed by atoms with Gasteiger partial charge in [-0.15, -0.1) is 0 Å². The van der Waals surface area contributed by atoms with Crippen molar-refractivity contribution in [3.05, 3.63) is 23.8 Å². The normalized spacial score (nSPS) is 23.6. The summed E-state index contributed by atoms with van der Waals surface area (Å²) >= 11 is 0. The summed E-state index contributed by atoms with van der Waals surface area (Å²) in [6, 6.07) is 6.46. The number of nitrogens with one attached hydrogen (secondary N) is 1. The number of ether oxygens (including phenoxy) is 1. The van der Waals surface area contributed by atoms with Gasteiger partial charge in [0.1, 0.15) is 11.9 Å². The highest BCUT2D eigenvalue weighted by Crippen LogP contribution is 2.36. The summed E-state index contributed by atoms with van der Waals surface area (Å²) in [7, 11) is 2.16. The fraction of sp³-hybridized carbons (Fsp3) is 0.571. The number of hydrogen-bond acceptors (Lipinski definition) is 3. The second-order valence-electron chi connectivity index (χ2n) is 5.02. The van der Waals surface area contributed by atoms with Gasteiger partial charge in [-0.1, -0.05) is 12.1 Å². The van der Waals surface area contributed by atoms with Crippen LogP contribution in [0, 0.1) is 0 Å². The molecule has 17 heavy (non-hydrogen) atoms. The third kappa shape index (κ3) is 2.12. The lowest BCUT2D eigenvalue weighted by molar-refractivity contribution is 0.223. The van der Waals surface area contributed by atoms with E-state index in [1.807, 2.05) is 0 Å². The molecule has 1 unspecified atom stereocenters. The molecule has 1 aromatic carbocycles. The summed E-state index contributed by atoms with van der Waals surface area (Å²) in [5.41, 5.74) is 2.74. The summed E-state index contributed by atoms with van der Waals surface area (Å²) in [6.45, 7) is 3.19. The van der Waals surface area contributed by atoms with E-state index in [9.17, 15) is 0 Å². The van der Waals surface area contributed by atoms with E-state index >= 15 is 0 Å². The van der Waals surface area contributed by atoms with Crippen molar-refractivity contribution in [2.75, 3.05) is 31.6 Å². The van der Waals surface area contributed by atoms with Crippen molar-refractivity contribution in [3.8, 4) is 5.75 Å². The van der Waals surface area contributed by atoms with Crippen LogP contribution < -0.4 is 15.0 Å². The molecule has 1 saturated heterocycles. The lowest BCUT2D eigenvalue weighted by Gasteiger charge is -2.30. The van der Waals surface area contributed by atoms with E-state index in [2.05, 4.69) is 35.5 Å². The highest BCUT2D eigenvalue weighted by atomic mass is 16.5. The molecule has 2 aliphatic rings. The van der Waals surface area contributed by atoms with Gasteiger partial charge in [-0.05, 0) is 37.4 Å². The second-order valence-corrected chi connectivity index (χ2v) is 5.02. The Kier molecular flexibility index (Phi) is 2.93. The maximum absolute atomic E-state index is 6.14. The molecule has 1 fully saturated rings. The van der Waals surface area contributed by atoms with Crippen molar-refractivity contribution in [1.29, 1.82) is 0 Å². The molecule has 3 heteroatoms. The number of benzene rings is 1. The summed E-state index contributed by atoms with van der Waals surface area (Å²) in [5.74, 6) is 1.07. The number of aryl methyl sites for hydroxylation is 1. The van der Waals surface area contributed by atoms with Crippen LogP contribution in [-0.2, 0) is 6.42 Å². The maximum atomic E-state index is 6.14. The minimum Gasteiger partial charge on any atom is -0.487 e. The van der Waals surface area contributed by atoms with Crippen LogP contribution >= 0.6 is 0 Å². The van der Waals surface area contributed by atoms with E-state index in [0.29, 0.717) is 6.10 Å². The third-order valence-electron chi connectivity index (χ3n) is 3.71. The van der Waals surface area contributed by atoms with Gasteiger partial charge in [-0.2, -0.15) is 0 Å². The zero-order valence-electron chi connectivity index (χ0n) is 10.4. The highest BCUT2D eigenvalue weighted by Gasteiger charge is 2.22. The van der Waals surface area contributed by atoms with Gasteiger partial charge < -0.3 is 15.0 Å². The molecule has 0 radical (unpaired) electrons. The van der Waals surface area contributed by atoms with Crippen molar-refractivity contribution in [1.82, 2.24) is 5.32 Å². The van der Waals surface area contributed by atoms with Crippen LogP contribution in [0.1, 0.15) is 18.4 Å². The Bertz CT molecular complexity index is 399. The van der Waals surface area contributed by atoms with Gasteiger partial charge in [0.15, 0.2) is 0 Å². The quantitative estimate of drug-likeness (QED) is 0.841. The number of para-hydroxylation sites is 1. The average molecular weight is 232 g/mol. The van der Waals surface area contributed by atoms with Crippen LogP contribution in [0.25, 0.3) is 0 Å². The van der Waals surface area contributed by atoms with Crippen molar-refractivity contribution >= 4 is 5.69 Å². The van der Waals surface area contributed by atoms with Crippen molar-refractivity contribution in [3.63, 3.8) is 0 Å². The predicted octanol–water partition coefficient (Wildman–Crippen LogP) is 1.81. The zero-order chi connectivity index (χ0) is 11.7. The van der Waals surface area contributed by atoms with Crippen LogP contribution in [0.3, 0.4) is 0 Å². The van der Waals surface area contributed by atoms with Gasteiger partial charge >= 0.3 is 0 Å². The molecular formula is C14H20N2O. The van der Waals surface area contributed by atoms with E-state index in [-0.39, 0.29) is 0 Å². The Morgan fingerprint density at radius 2 is 2.35 bits per heavy atom. The number of rotatable bonds is 2. The van der Waals surface area contributed by atoms with E-state index in [1.54, 1.807) is 0 Å². The minimum atomic E-state index is 0.344. The topological polar surface area (TPSA) is 24.5 Å². The third-order valence-corrected chi connectivity index (χ3v) is 3.71. The molecule has 0 saturated carbocycles. The van der Waals surface area contributed by atoms with Gasteiger partial charge in [0, 0.05) is 20.1 Å². The number of nitrogens with zero attached hydrogens (tertiary/aromatic N) is 1. The van der Waals surface area contributed by atoms with Crippen LogP contribution in [0.5, 0.6) is 5.75 Å². The molecular weight excluding hydrogens is 212 g/mol. The number of hydrogen-bond donors (Lipinski definition) is 1. The first-order valence-electron chi connectivity index (χ1n) is 6.55. The predicted molar refractivity (Wildman–Crippen MR) is 69.9 cm³/mol. The van der Waals surface area contributed by atoms with Crippen LogP contribution in [0.2, 0.25) is 0 Å². The largest absolute Gasteiger partial charge is 0.487 e. The monoisotopic (exact) mass is 232 g/mol. The highest BCUT2D eigenvalue weighted by molar-refractivity contribution is 5.64. The van der Waals surface area contributed by atoms with E-state index in [1.165, 1.54) is 24.1 Å². The maximum Gasteiger partial charge on any atom is 0.143 e. The molecule has 1 atom stereocenters. The fourth-order valence-electron chi connectivity index (χ4n) is 2.82. The molecule has 2 aliphatic heterocycles. The molecule has 3 rings (SSSR count). The molecule has 92 valence electrons. The van der Waals surface area contributed by atoms with Crippen molar-refractivity contribution < 1.29 is 4.74 Å². The Morgan fingerprint density at radius 3 is 3.18 bits per heavy atom. The first kappa shape index (κ1) is 10.9. The second kappa shape index (κ2) is 4.57. The minimum absolute atomic E-state index is 0.344. The fourth-order valence-corrected chi connectivity index (χ4v) is 2.82. The summed E-state index contributed by atoms with van der Waals surface area (Å²) in [6.07, 6.45) is 3.89. The summed E-state index contributed by atoms with van der Waals surface area (Å²) in [4.78, 5) is 2.33. The first-order valence-corrected chi connectivity index (χ1v) is 6.55. The average Bonchev–Trinajstić information content (AvgIpc) is 2.82. The Balaban J connectivity index is 1.87. The van der Waals surface area contributed by atoms with E-state index in [4.69, 9.17) is 4.74 Å². The lowest BCUT2D eigenvalue weighted by atomic mass is 10.0. The molecule has 0 amide bonds. The molecule has 1 N–H and O–H groups in total. The van der Waals surface area contributed by atoms with Gasteiger partial charge in [-0.3, -0.25) is 0 Å². The molecule has 3 nitrogen and oxygen atoms in total. The van der Waals surface area contributed by atoms with Crippen LogP contribution in [0.15, 0.2) is 18.2 Å². The van der Waals surface area contributed by atoms with Crippen LogP contribution in [0.4, 0.5) is 5.69 Å². The number of fused-ring (bicyclic) bond motifs is 1. The van der Waals surface area contributed by atoms with E-state index < -0.39 is 0 Å². The Morgan fingerprint density at radius 1 is 1.41 bits per heavy atom. The zero-order valence-corrected chi connectivity index (χ0v) is 10.4. The molecule has 0 bridgehead atoms. The Labute approximate surface area is 103 Å². The first-order chi connectivity index (χ1) is 8.34. The number of anilines is 1.